The maximum atomic E-state index is 13.8. The lowest BCUT2D eigenvalue weighted by molar-refractivity contribution is 0.690. The summed E-state index contributed by atoms with van der Waals surface area (Å²) in [6, 6.07) is 7.58. The van der Waals surface area contributed by atoms with E-state index in [4.69, 9.17) is 0 Å². The number of hydrogen-bond acceptors (Lipinski definition) is 3. The molecule has 0 aromatic carbocycles. The van der Waals surface area contributed by atoms with Crippen molar-refractivity contribution in [2.45, 2.75) is 19.8 Å². The Kier molecular flexibility index (Phi) is 2.99. The molecule has 1 aliphatic rings. The van der Waals surface area contributed by atoms with Gasteiger partial charge in [0, 0.05) is 12.6 Å². The Morgan fingerprint density at radius 2 is 2.11 bits per heavy atom. The second-order valence-electron chi connectivity index (χ2n) is 4.63. The number of aromatic nitrogens is 2. The molecule has 0 saturated heterocycles. The van der Waals surface area contributed by atoms with E-state index in [0.29, 0.717) is 23.4 Å². The van der Waals surface area contributed by atoms with E-state index in [-0.39, 0.29) is 5.83 Å². The molecule has 4 heteroatoms. The second kappa shape index (κ2) is 4.80. The summed E-state index contributed by atoms with van der Waals surface area (Å²) in [5, 5.41) is 4.41. The van der Waals surface area contributed by atoms with Gasteiger partial charge in [0.05, 0.1) is 0 Å². The fourth-order valence-electron chi connectivity index (χ4n) is 2.13. The van der Waals surface area contributed by atoms with Gasteiger partial charge in [0.1, 0.15) is 22.8 Å². The molecule has 19 heavy (non-hydrogen) atoms. The molecule has 0 aliphatic heterocycles. The van der Waals surface area contributed by atoms with Crippen LogP contribution >= 0.6 is 0 Å². The van der Waals surface area contributed by atoms with Gasteiger partial charge in [-0.3, -0.25) is 0 Å². The van der Waals surface area contributed by atoms with Crippen molar-refractivity contribution in [1.29, 1.82) is 0 Å². The van der Waals surface area contributed by atoms with Crippen LogP contribution in [0.1, 0.15) is 18.4 Å². The summed E-state index contributed by atoms with van der Waals surface area (Å²) in [5.41, 5.74) is 1.11. The lowest BCUT2D eigenvalue weighted by Crippen LogP contribution is -2.32. The summed E-state index contributed by atoms with van der Waals surface area (Å²) in [5.74, 6) is 1.19. The summed E-state index contributed by atoms with van der Waals surface area (Å²) in [6.45, 7) is 2.00. The zero-order chi connectivity index (χ0) is 13.2. The van der Waals surface area contributed by atoms with Gasteiger partial charge in [-0.1, -0.05) is 6.08 Å². The van der Waals surface area contributed by atoms with Crippen LogP contribution in [0.4, 0.5) is 16.0 Å². The first-order chi connectivity index (χ1) is 9.22. The maximum Gasteiger partial charge on any atom is 0.132 e. The van der Waals surface area contributed by atoms with Gasteiger partial charge in [0.2, 0.25) is 0 Å². The van der Waals surface area contributed by atoms with Gasteiger partial charge in [-0.2, -0.15) is 0 Å². The van der Waals surface area contributed by atoms with Crippen molar-refractivity contribution >= 4 is 23.5 Å². The number of nitrogens with zero attached hydrogens (tertiary/aromatic N) is 2. The maximum absolute atomic E-state index is 13.8. The van der Waals surface area contributed by atoms with Gasteiger partial charge >= 0.3 is 0 Å². The zero-order valence-corrected chi connectivity index (χ0v) is 10.7. The lowest BCUT2D eigenvalue weighted by Gasteiger charge is -2.07. The standard InChI is InChI=1S/C15H14FN3/c1-10-7-8-17-14(9-10)18-13-6-5-11-3-2-4-12(16)15(11)19-13/h3,5-9H,2,4H2,1H3,(H,17,18,19). The fraction of sp³-hybridized carbons (Fsp3) is 0.200. The minimum Gasteiger partial charge on any atom is -0.325 e. The number of hydrogen-bond donors (Lipinski definition) is 1. The SMILES string of the molecule is Cc1ccnc(Nc2ccc3c(n2)=C(F)CCC=3)c1. The molecule has 96 valence electrons. The highest BCUT2D eigenvalue weighted by Gasteiger charge is 2.06. The van der Waals surface area contributed by atoms with Crippen LogP contribution in [-0.2, 0) is 0 Å². The molecule has 0 spiro atoms. The summed E-state index contributed by atoms with van der Waals surface area (Å²) in [4.78, 5) is 8.53. The Bertz CT molecular complexity index is 737. The van der Waals surface area contributed by atoms with Crippen molar-refractivity contribution in [2.75, 3.05) is 5.32 Å². The van der Waals surface area contributed by atoms with Crippen LogP contribution in [0.3, 0.4) is 0 Å². The van der Waals surface area contributed by atoms with Gasteiger partial charge in [0.25, 0.3) is 0 Å². The molecule has 0 unspecified atom stereocenters. The van der Waals surface area contributed by atoms with Crippen molar-refractivity contribution in [3.8, 4) is 0 Å². The number of fused-ring (bicyclic) bond motifs is 1. The Morgan fingerprint density at radius 3 is 2.95 bits per heavy atom. The minimum absolute atomic E-state index is 0.140. The van der Waals surface area contributed by atoms with Crippen molar-refractivity contribution < 1.29 is 4.39 Å². The Labute approximate surface area is 110 Å². The smallest absolute Gasteiger partial charge is 0.132 e. The third-order valence-corrected chi connectivity index (χ3v) is 3.08. The molecular formula is C15H14FN3. The van der Waals surface area contributed by atoms with E-state index in [1.165, 1.54) is 0 Å². The van der Waals surface area contributed by atoms with Gasteiger partial charge in [0.15, 0.2) is 0 Å². The number of anilines is 2. The van der Waals surface area contributed by atoms with Crippen molar-refractivity contribution in [2.24, 2.45) is 0 Å². The number of pyridine rings is 2. The molecule has 0 atom stereocenters. The van der Waals surface area contributed by atoms with E-state index in [1.807, 2.05) is 37.3 Å². The Balaban J connectivity index is 2.00. The molecule has 2 heterocycles. The monoisotopic (exact) mass is 255 g/mol. The topological polar surface area (TPSA) is 37.8 Å². The Morgan fingerprint density at radius 1 is 1.21 bits per heavy atom. The highest BCUT2D eigenvalue weighted by Crippen LogP contribution is 2.12. The quantitative estimate of drug-likeness (QED) is 0.893. The van der Waals surface area contributed by atoms with E-state index in [9.17, 15) is 4.39 Å². The molecule has 0 radical (unpaired) electrons. The molecule has 3 nitrogen and oxygen atoms in total. The first kappa shape index (κ1) is 11.8. The molecule has 1 aliphatic carbocycles. The van der Waals surface area contributed by atoms with Crippen LogP contribution < -0.4 is 15.9 Å². The summed E-state index contributed by atoms with van der Waals surface area (Å²) < 4.78 is 13.8. The van der Waals surface area contributed by atoms with Gasteiger partial charge < -0.3 is 5.32 Å². The largest absolute Gasteiger partial charge is 0.325 e. The highest BCUT2D eigenvalue weighted by molar-refractivity contribution is 5.53. The second-order valence-corrected chi connectivity index (χ2v) is 4.63. The predicted molar refractivity (Wildman–Crippen MR) is 74.0 cm³/mol. The van der Waals surface area contributed by atoms with Crippen molar-refractivity contribution in [3.63, 3.8) is 0 Å². The Hall–Kier alpha value is -2.23. The fourth-order valence-corrected chi connectivity index (χ4v) is 2.13. The molecule has 0 fully saturated rings. The average Bonchev–Trinajstić information content (AvgIpc) is 2.40. The molecule has 0 saturated carbocycles. The third-order valence-electron chi connectivity index (χ3n) is 3.08. The molecule has 0 amide bonds. The first-order valence-electron chi connectivity index (χ1n) is 6.28. The molecular weight excluding hydrogens is 241 g/mol. The molecule has 2 aromatic heterocycles. The van der Waals surface area contributed by atoms with Crippen LogP contribution in [0.25, 0.3) is 11.9 Å². The van der Waals surface area contributed by atoms with Crippen LogP contribution in [-0.4, -0.2) is 9.97 Å². The van der Waals surface area contributed by atoms with Crippen LogP contribution in [0.15, 0.2) is 30.5 Å². The van der Waals surface area contributed by atoms with Gasteiger partial charge in [-0.05, 0) is 48.4 Å². The average molecular weight is 255 g/mol. The highest BCUT2D eigenvalue weighted by atomic mass is 19.1. The zero-order valence-electron chi connectivity index (χ0n) is 10.7. The van der Waals surface area contributed by atoms with Crippen LogP contribution in [0, 0.1) is 6.92 Å². The first-order valence-corrected chi connectivity index (χ1v) is 6.28. The van der Waals surface area contributed by atoms with Gasteiger partial charge in [-0.15, -0.1) is 0 Å². The lowest BCUT2D eigenvalue weighted by atomic mass is 10.1. The molecule has 0 bridgehead atoms. The minimum atomic E-state index is -0.140. The predicted octanol–water partition coefficient (Wildman–Crippen LogP) is 2.18. The van der Waals surface area contributed by atoms with Gasteiger partial charge in [-0.25, -0.2) is 14.4 Å². The van der Waals surface area contributed by atoms with E-state index in [1.54, 1.807) is 6.20 Å². The molecule has 1 N–H and O–H groups in total. The summed E-state index contributed by atoms with van der Waals surface area (Å²) >= 11 is 0. The molecule has 2 aromatic rings. The van der Waals surface area contributed by atoms with E-state index in [2.05, 4.69) is 15.3 Å². The summed E-state index contributed by atoms with van der Waals surface area (Å²) in [7, 11) is 0. The normalized spacial score (nSPS) is 13.7. The van der Waals surface area contributed by atoms with E-state index >= 15 is 0 Å². The van der Waals surface area contributed by atoms with Crippen molar-refractivity contribution in [3.05, 3.63) is 46.6 Å². The number of halogens is 1. The van der Waals surface area contributed by atoms with E-state index < -0.39 is 0 Å². The van der Waals surface area contributed by atoms with Crippen molar-refractivity contribution in [1.82, 2.24) is 9.97 Å². The third kappa shape index (κ3) is 2.47. The molecule has 3 rings (SSSR count). The number of nitrogens with one attached hydrogen (secondary N) is 1. The number of rotatable bonds is 2. The van der Waals surface area contributed by atoms with E-state index in [0.717, 1.165) is 17.2 Å². The summed E-state index contributed by atoms with van der Waals surface area (Å²) in [6.07, 6.45) is 4.93. The van der Waals surface area contributed by atoms with Crippen LogP contribution in [0.5, 0.6) is 0 Å². The number of aryl methyl sites for hydroxylation is 1. The van der Waals surface area contributed by atoms with Crippen LogP contribution in [0.2, 0.25) is 0 Å².